The highest BCUT2D eigenvalue weighted by Gasteiger charge is 2.24. The topological polar surface area (TPSA) is 67.3 Å². The second kappa shape index (κ2) is 8.20. The second-order valence-electron chi connectivity index (χ2n) is 7.97. The number of amides is 1. The Bertz CT molecular complexity index is 1500. The maximum Gasteiger partial charge on any atom is 0.254 e. The number of hydrogen-bond acceptors (Lipinski definition) is 5. The van der Waals surface area contributed by atoms with Gasteiger partial charge >= 0.3 is 0 Å². The molecule has 2 aromatic heterocycles. The summed E-state index contributed by atoms with van der Waals surface area (Å²) >= 11 is 1.56. The number of fused-ring (bicyclic) bond motifs is 1. The maximum atomic E-state index is 14.0. The zero-order chi connectivity index (χ0) is 23.2. The minimum atomic E-state index is -3.84. The Hall–Kier alpha value is -3.36. The Morgan fingerprint density at radius 2 is 1.76 bits per heavy atom. The van der Waals surface area contributed by atoms with E-state index in [1.54, 1.807) is 35.5 Å². The first-order valence-electron chi connectivity index (χ1n) is 10.2. The molecular weight excluding hydrogens is 459 g/mol. The normalized spacial score (nSPS) is 13.4. The van der Waals surface area contributed by atoms with Crippen molar-refractivity contribution in [3.8, 4) is 20.9 Å². The van der Waals surface area contributed by atoms with Crippen molar-refractivity contribution < 1.29 is 17.6 Å². The monoisotopic (exact) mass is 478 g/mol. The van der Waals surface area contributed by atoms with E-state index in [0.717, 1.165) is 38.1 Å². The third kappa shape index (κ3) is 4.07. The molecule has 0 aliphatic carbocycles. The van der Waals surface area contributed by atoms with Gasteiger partial charge in [-0.1, -0.05) is 18.2 Å². The predicted molar refractivity (Wildman–Crippen MR) is 126 cm³/mol. The summed E-state index contributed by atoms with van der Waals surface area (Å²) < 4.78 is 39.4. The van der Waals surface area contributed by atoms with Crippen molar-refractivity contribution in [2.24, 2.45) is 0 Å². The third-order valence-corrected chi connectivity index (χ3v) is 8.49. The van der Waals surface area contributed by atoms with Crippen LogP contribution in [0.4, 0.5) is 4.39 Å². The van der Waals surface area contributed by atoms with E-state index < -0.39 is 15.7 Å². The van der Waals surface area contributed by atoms with Gasteiger partial charge in [-0.3, -0.25) is 9.78 Å². The van der Waals surface area contributed by atoms with Crippen LogP contribution in [0.15, 0.2) is 78.0 Å². The lowest BCUT2D eigenvalue weighted by Gasteiger charge is -2.07. The van der Waals surface area contributed by atoms with Crippen molar-refractivity contribution in [2.45, 2.75) is 17.2 Å². The van der Waals surface area contributed by atoms with E-state index in [0.29, 0.717) is 12.1 Å². The van der Waals surface area contributed by atoms with Crippen LogP contribution in [0.2, 0.25) is 0 Å². The molecule has 5 nitrogen and oxygen atoms in total. The van der Waals surface area contributed by atoms with Crippen LogP contribution in [0, 0.1) is 5.82 Å². The van der Waals surface area contributed by atoms with Gasteiger partial charge in [0.25, 0.3) is 5.91 Å². The number of halogens is 1. The zero-order valence-corrected chi connectivity index (χ0v) is 19.3. The molecule has 1 aliphatic rings. The summed E-state index contributed by atoms with van der Waals surface area (Å²) in [5.74, 6) is -1.05. The largest absolute Gasteiger partial charge is 0.337 e. The molecule has 3 heterocycles. The molecule has 0 radical (unpaired) electrons. The molecule has 0 saturated carbocycles. The fourth-order valence-electron chi connectivity index (χ4n) is 3.96. The fourth-order valence-corrected chi connectivity index (χ4v) is 6.35. The van der Waals surface area contributed by atoms with Crippen LogP contribution in [0.1, 0.15) is 21.5 Å². The zero-order valence-electron chi connectivity index (χ0n) is 17.7. The second-order valence-corrected chi connectivity index (χ2v) is 11.0. The lowest BCUT2D eigenvalue weighted by atomic mass is 10.1. The van der Waals surface area contributed by atoms with E-state index in [2.05, 4.69) is 4.98 Å². The summed E-state index contributed by atoms with van der Waals surface area (Å²) in [7, 11) is -2.05. The van der Waals surface area contributed by atoms with Crippen molar-refractivity contribution >= 4 is 27.1 Å². The molecule has 0 spiro atoms. The molecule has 4 aromatic rings. The average Bonchev–Trinajstić information content (AvgIpc) is 3.39. The van der Waals surface area contributed by atoms with Crippen LogP contribution in [-0.2, 0) is 22.1 Å². The minimum absolute atomic E-state index is 0.0386. The molecule has 0 fully saturated rings. The van der Waals surface area contributed by atoms with E-state index in [-0.39, 0.29) is 16.6 Å². The molecule has 1 amide bonds. The number of carbonyl (C=O) groups excluding carboxylic acids is 1. The van der Waals surface area contributed by atoms with E-state index >= 15 is 0 Å². The van der Waals surface area contributed by atoms with Gasteiger partial charge < -0.3 is 4.90 Å². The van der Waals surface area contributed by atoms with E-state index in [4.69, 9.17) is 0 Å². The van der Waals surface area contributed by atoms with Crippen molar-refractivity contribution in [2.75, 3.05) is 7.05 Å². The van der Waals surface area contributed by atoms with E-state index in [9.17, 15) is 17.6 Å². The Kier molecular flexibility index (Phi) is 5.34. The number of carbonyl (C=O) groups is 1. The Labute approximate surface area is 195 Å². The fraction of sp³-hybridized carbons (Fsp3) is 0.120. The first kappa shape index (κ1) is 21.5. The molecular formula is C25H19FN2O3S2. The summed E-state index contributed by atoms with van der Waals surface area (Å²) in [5, 5.41) is 0. The molecule has 0 unspecified atom stereocenters. The Balaban J connectivity index is 1.41. The number of sulfone groups is 1. The van der Waals surface area contributed by atoms with Gasteiger partial charge in [-0.25, -0.2) is 12.8 Å². The summed E-state index contributed by atoms with van der Waals surface area (Å²) in [6.07, 6.45) is 3.18. The third-order valence-electron chi connectivity index (χ3n) is 5.59. The molecule has 8 heteroatoms. The average molecular weight is 479 g/mol. The SMILES string of the molecule is CN1Cc2cc(-c3ccc(-c4cncc(CS(=O)(=O)c5ccccc5F)c4)s3)ccc2C1=O. The van der Waals surface area contributed by atoms with Crippen LogP contribution in [-0.4, -0.2) is 31.3 Å². The van der Waals surface area contributed by atoms with Crippen LogP contribution >= 0.6 is 11.3 Å². The van der Waals surface area contributed by atoms with Gasteiger partial charge in [0.15, 0.2) is 9.84 Å². The van der Waals surface area contributed by atoms with Crippen molar-refractivity contribution in [1.82, 2.24) is 9.88 Å². The molecule has 166 valence electrons. The first-order chi connectivity index (χ1) is 15.8. The van der Waals surface area contributed by atoms with Gasteiger partial charge in [-0.2, -0.15) is 0 Å². The van der Waals surface area contributed by atoms with Gasteiger partial charge in [0.05, 0.1) is 5.75 Å². The lowest BCUT2D eigenvalue weighted by molar-refractivity contribution is 0.0816. The first-order valence-corrected chi connectivity index (χ1v) is 12.7. The number of aromatic nitrogens is 1. The van der Waals surface area contributed by atoms with Crippen LogP contribution in [0.25, 0.3) is 20.9 Å². The Morgan fingerprint density at radius 3 is 2.55 bits per heavy atom. The standard InChI is InChI=1S/C25H19FN2O3S2/c1-28-14-19-11-17(6-7-20(19)25(28)29)22-8-9-23(32-22)18-10-16(12-27-13-18)15-33(30,31)24-5-3-2-4-21(24)26/h2-13H,14-15H2,1H3. The highest BCUT2D eigenvalue weighted by atomic mass is 32.2. The highest BCUT2D eigenvalue weighted by Crippen LogP contribution is 2.36. The molecule has 0 saturated heterocycles. The molecule has 0 atom stereocenters. The predicted octanol–water partition coefficient (Wildman–Crippen LogP) is 5.18. The van der Waals surface area contributed by atoms with Crippen molar-refractivity contribution in [1.29, 1.82) is 0 Å². The number of pyridine rings is 1. The number of nitrogens with zero attached hydrogens (tertiary/aromatic N) is 2. The summed E-state index contributed by atoms with van der Waals surface area (Å²) in [5.41, 5.74) is 4.07. The van der Waals surface area contributed by atoms with Crippen LogP contribution in [0.5, 0.6) is 0 Å². The van der Waals surface area contributed by atoms with Crippen LogP contribution < -0.4 is 0 Å². The highest BCUT2D eigenvalue weighted by molar-refractivity contribution is 7.90. The quantitative estimate of drug-likeness (QED) is 0.397. The number of hydrogen-bond donors (Lipinski definition) is 0. The van der Waals surface area contributed by atoms with Gasteiger partial charge in [-0.15, -0.1) is 11.3 Å². The minimum Gasteiger partial charge on any atom is -0.337 e. The van der Waals surface area contributed by atoms with Gasteiger partial charge in [0.1, 0.15) is 10.7 Å². The summed E-state index contributed by atoms with van der Waals surface area (Å²) in [6.45, 7) is 0.600. The van der Waals surface area contributed by atoms with Gasteiger partial charge in [-0.05, 0) is 59.2 Å². The lowest BCUT2D eigenvalue weighted by Crippen LogP contribution is -2.17. The number of benzene rings is 2. The molecule has 33 heavy (non-hydrogen) atoms. The smallest absolute Gasteiger partial charge is 0.254 e. The van der Waals surface area contributed by atoms with Crippen LogP contribution in [0.3, 0.4) is 0 Å². The van der Waals surface area contributed by atoms with Crippen molar-refractivity contribution in [3.05, 3.63) is 95.6 Å². The number of thiophene rings is 1. The maximum absolute atomic E-state index is 14.0. The molecule has 5 rings (SSSR count). The van der Waals surface area contributed by atoms with Gasteiger partial charge in [0.2, 0.25) is 0 Å². The molecule has 0 bridgehead atoms. The van der Waals surface area contributed by atoms with Gasteiger partial charge in [0, 0.05) is 46.9 Å². The molecule has 2 aromatic carbocycles. The summed E-state index contributed by atoms with van der Waals surface area (Å²) in [4.78, 5) is 19.7. The molecule has 0 N–H and O–H groups in total. The van der Waals surface area contributed by atoms with E-state index in [1.807, 2.05) is 30.3 Å². The Morgan fingerprint density at radius 1 is 1.00 bits per heavy atom. The summed E-state index contributed by atoms with van der Waals surface area (Å²) in [6, 6.07) is 17.0. The molecule has 1 aliphatic heterocycles. The number of rotatable bonds is 5. The van der Waals surface area contributed by atoms with Crippen molar-refractivity contribution in [3.63, 3.8) is 0 Å². The van der Waals surface area contributed by atoms with E-state index in [1.165, 1.54) is 24.4 Å².